The summed E-state index contributed by atoms with van der Waals surface area (Å²) in [5.41, 5.74) is 0.668. The standard InChI is InChI=1S/C14H10ClN3OS/c1-9-17-13-12(5-6-20-13)14(19)18(9)16-8-10-3-2-4-11(15)7-10/h2-8H,1H3/b16-8-. The van der Waals surface area contributed by atoms with Crippen LogP contribution in [0.3, 0.4) is 0 Å². The molecule has 2 heterocycles. The predicted octanol–water partition coefficient (Wildman–Crippen LogP) is 3.30. The highest BCUT2D eigenvalue weighted by Gasteiger charge is 2.07. The van der Waals surface area contributed by atoms with E-state index in [1.165, 1.54) is 16.0 Å². The summed E-state index contributed by atoms with van der Waals surface area (Å²) in [5, 5.41) is 7.28. The van der Waals surface area contributed by atoms with Gasteiger partial charge in [0.2, 0.25) is 0 Å². The zero-order valence-corrected chi connectivity index (χ0v) is 12.1. The largest absolute Gasteiger partial charge is 0.282 e. The predicted molar refractivity (Wildman–Crippen MR) is 83.1 cm³/mol. The Balaban J connectivity index is 2.08. The van der Waals surface area contributed by atoms with Gasteiger partial charge in [-0.15, -0.1) is 11.3 Å². The van der Waals surface area contributed by atoms with Gasteiger partial charge < -0.3 is 0 Å². The Bertz CT molecular complexity index is 866. The molecule has 20 heavy (non-hydrogen) atoms. The molecule has 0 fully saturated rings. The van der Waals surface area contributed by atoms with Gasteiger partial charge in [0.05, 0.1) is 11.6 Å². The van der Waals surface area contributed by atoms with Crippen molar-refractivity contribution < 1.29 is 0 Å². The molecule has 0 atom stereocenters. The van der Waals surface area contributed by atoms with Gasteiger partial charge in [0.25, 0.3) is 5.56 Å². The second-order valence-electron chi connectivity index (χ2n) is 4.21. The van der Waals surface area contributed by atoms with E-state index in [0.717, 1.165) is 10.4 Å². The van der Waals surface area contributed by atoms with Crippen LogP contribution in [0.4, 0.5) is 0 Å². The number of hydrogen-bond donors (Lipinski definition) is 0. The zero-order chi connectivity index (χ0) is 14.1. The topological polar surface area (TPSA) is 47.2 Å². The number of nitrogens with zero attached hydrogens (tertiary/aromatic N) is 3. The van der Waals surface area contributed by atoms with Gasteiger partial charge in [0.1, 0.15) is 10.7 Å². The highest BCUT2D eigenvalue weighted by atomic mass is 35.5. The van der Waals surface area contributed by atoms with E-state index < -0.39 is 0 Å². The van der Waals surface area contributed by atoms with Gasteiger partial charge >= 0.3 is 0 Å². The molecule has 0 amide bonds. The van der Waals surface area contributed by atoms with Gasteiger partial charge in [-0.3, -0.25) is 4.79 Å². The summed E-state index contributed by atoms with van der Waals surface area (Å²) in [5.74, 6) is 0.559. The maximum absolute atomic E-state index is 12.3. The van der Waals surface area contributed by atoms with E-state index >= 15 is 0 Å². The lowest BCUT2D eigenvalue weighted by Crippen LogP contribution is -2.19. The molecule has 0 bridgehead atoms. The molecular weight excluding hydrogens is 294 g/mol. The van der Waals surface area contributed by atoms with Crippen molar-refractivity contribution in [3.8, 4) is 0 Å². The lowest BCUT2D eigenvalue weighted by Gasteiger charge is -2.02. The normalized spacial score (nSPS) is 11.5. The second kappa shape index (κ2) is 5.19. The molecule has 0 aliphatic heterocycles. The zero-order valence-electron chi connectivity index (χ0n) is 10.6. The third-order valence-electron chi connectivity index (χ3n) is 2.81. The van der Waals surface area contributed by atoms with Crippen LogP contribution in [0, 0.1) is 6.92 Å². The molecular formula is C14H10ClN3OS. The maximum atomic E-state index is 12.3. The van der Waals surface area contributed by atoms with Crippen molar-refractivity contribution in [2.75, 3.05) is 0 Å². The highest BCUT2D eigenvalue weighted by Crippen LogP contribution is 2.15. The van der Waals surface area contributed by atoms with Crippen LogP contribution < -0.4 is 5.56 Å². The Morgan fingerprint density at radius 3 is 3.05 bits per heavy atom. The SMILES string of the molecule is Cc1nc2sccc2c(=O)n1/N=C\c1cccc(Cl)c1. The molecule has 1 aromatic carbocycles. The molecule has 2 aromatic heterocycles. The molecule has 6 heteroatoms. The van der Waals surface area contributed by atoms with Crippen LogP contribution in [0.5, 0.6) is 0 Å². The van der Waals surface area contributed by atoms with E-state index in [9.17, 15) is 4.79 Å². The lowest BCUT2D eigenvalue weighted by atomic mass is 10.2. The highest BCUT2D eigenvalue weighted by molar-refractivity contribution is 7.16. The van der Waals surface area contributed by atoms with Gasteiger partial charge in [-0.2, -0.15) is 9.78 Å². The minimum Gasteiger partial charge on any atom is -0.267 e. The minimum absolute atomic E-state index is 0.160. The van der Waals surface area contributed by atoms with Crippen LogP contribution in [-0.2, 0) is 0 Å². The molecule has 3 rings (SSSR count). The molecule has 4 nitrogen and oxygen atoms in total. The van der Waals surface area contributed by atoms with E-state index in [1.54, 1.807) is 31.3 Å². The number of benzene rings is 1. The number of thiophene rings is 1. The van der Waals surface area contributed by atoms with Crippen molar-refractivity contribution in [3.05, 3.63) is 62.5 Å². The summed E-state index contributed by atoms with van der Waals surface area (Å²) in [6, 6.07) is 9.03. The molecule has 0 radical (unpaired) electrons. The molecule has 3 aromatic rings. The lowest BCUT2D eigenvalue weighted by molar-refractivity contribution is 0.772. The van der Waals surface area contributed by atoms with Crippen LogP contribution in [0.2, 0.25) is 5.02 Å². The van der Waals surface area contributed by atoms with E-state index in [4.69, 9.17) is 11.6 Å². The molecule has 0 aliphatic carbocycles. The molecule has 0 unspecified atom stereocenters. The summed E-state index contributed by atoms with van der Waals surface area (Å²) in [7, 11) is 0. The first kappa shape index (κ1) is 13.0. The fourth-order valence-corrected chi connectivity index (χ4v) is 2.85. The van der Waals surface area contributed by atoms with Crippen molar-refractivity contribution in [2.45, 2.75) is 6.92 Å². The fourth-order valence-electron chi connectivity index (χ4n) is 1.85. The Kier molecular flexibility index (Phi) is 3.38. The van der Waals surface area contributed by atoms with Gasteiger partial charge in [-0.1, -0.05) is 23.7 Å². The van der Waals surface area contributed by atoms with Crippen LogP contribution >= 0.6 is 22.9 Å². The number of aromatic nitrogens is 2. The number of fused-ring (bicyclic) bond motifs is 1. The smallest absolute Gasteiger partial charge is 0.267 e. The van der Waals surface area contributed by atoms with E-state index in [-0.39, 0.29) is 5.56 Å². The molecule has 0 N–H and O–H groups in total. The van der Waals surface area contributed by atoms with Crippen molar-refractivity contribution in [1.29, 1.82) is 0 Å². The van der Waals surface area contributed by atoms with Gasteiger partial charge in [-0.25, -0.2) is 4.98 Å². The molecule has 0 saturated heterocycles. The first-order chi connectivity index (χ1) is 9.65. The molecule has 0 spiro atoms. The summed E-state index contributed by atoms with van der Waals surface area (Å²) in [6.07, 6.45) is 1.60. The Hall–Kier alpha value is -1.98. The third-order valence-corrected chi connectivity index (χ3v) is 3.85. The number of aryl methyl sites for hydroxylation is 1. The second-order valence-corrected chi connectivity index (χ2v) is 5.55. The van der Waals surface area contributed by atoms with Gasteiger partial charge in [0, 0.05) is 5.02 Å². The van der Waals surface area contributed by atoms with Gasteiger partial charge in [0.15, 0.2) is 0 Å². The number of halogens is 1. The first-order valence-corrected chi connectivity index (χ1v) is 7.18. The van der Waals surface area contributed by atoms with Crippen molar-refractivity contribution in [3.63, 3.8) is 0 Å². The van der Waals surface area contributed by atoms with E-state index in [1.807, 2.05) is 17.5 Å². The van der Waals surface area contributed by atoms with Crippen LogP contribution in [0.15, 0.2) is 45.6 Å². The monoisotopic (exact) mass is 303 g/mol. The Labute approximate surface area is 124 Å². The maximum Gasteiger partial charge on any atom is 0.282 e. The summed E-state index contributed by atoms with van der Waals surface area (Å²) < 4.78 is 1.30. The van der Waals surface area contributed by atoms with Crippen LogP contribution in [-0.4, -0.2) is 15.9 Å². The first-order valence-electron chi connectivity index (χ1n) is 5.92. The van der Waals surface area contributed by atoms with Crippen molar-refractivity contribution in [2.24, 2.45) is 5.10 Å². The van der Waals surface area contributed by atoms with Gasteiger partial charge in [-0.05, 0) is 36.1 Å². The average Bonchev–Trinajstić information content (AvgIpc) is 2.87. The van der Waals surface area contributed by atoms with E-state index in [2.05, 4.69) is 10.1 Å². The summed E-state index contributed by atoms with van der Waals surface area (Å²) in [6.45, 7) is 1.76. The Morgan fingerprint density at radius 1 is 1.40 bits per heavy atom. The minimum atomic E-state index is -0.160. The van der Waals surface area contributed by atoms with Crippen molar-refractivity contribution >= 4 is 39.4 Å². The van der Waals surface area contributed by atoms with E-state index in [0.29, 0.717) is 16.2 Å². The van der Waals surface area contributed by atoms with Crippen LogP contribution in [0.1, 0.15) is 11.4 Å². The molecule has 100 valence electrons. The summed E-state index contributed by atoms with van der Waals surface area (Å²) in [4.78, 5) is 17.4. The number of hydrogen-bond acceptors (Lipinski definition) is 4. The molecule has 0 saturated carbocycles. The fraction of sp³-hybridized carbons (Fsp3) is 0.0714. The van der Waals surface area contributed by atoms with Crippen LogP contribution in [0.25, 0.3) is 10.2 Å². The average molecular weight is 304 g/mol. The number of rotatable bonds is 2. The summed E-state index contributed by atoms with van der Waals surface area (Å²) >= 11 is 7.36. The van der Waals surface area contributed by atoms with Crippen molar-refractivity contribution in [1.82, 2.24) is 9.66 Å². The Morgan fingerprint density at radius 2 is 2.25 bits per heavy atom. The third kappa shape index (κ3) is 2.37. The quantitative estimate of drug-likeness (QED) is 0.682. The molecule has 0 aliphatic rings.